The molecule has 2 N–H and O–H groups in total. The van der Waals surface area contributed by atoms with Crippen molar-refractivity contribution in [2.45, 2.75) is 38.8 Å². The SMILES string of the molecule is COc1cc(NC[C@@H](O)CN2CC[C@@H](C)C[C@H]2C)c2ncccc2c1. The number of piperidine rings is 1. The van der Waals surface area contributed by atoms with Gasteiger partial charge in [0.15, 0.2) is 0 Å². The number of aromatic nitrogens is 1. The van der Waals surface area contributed by atoms with Crippen molar-refractivity contribution in [2.24, 2.45) is 5.92 Å². The van der Waals surface area contributed by atoms with Gasteiger partial charge in [-0.1, -0.05) is 13.0 Å². The molecule has 0 aliphatic carbocycles. The highest BCUT2D eigenvalue weighted by molar-refractivity contribution is 5.91. The van der Waals surface area contributed by atoms with Gasteiger partial charge in [0.05, 0.1) is 24.4 Å². The molecule has 5 nitrogen and oxygen atoms in total. The summed E-state index contributed by atoms with van der Waals surface area (Å²) in [5.74, 6) is 1.58. The maximum Gasteiger partial charge on any atom is 0.121 e. The topological polar surface area (TPSA) is 57.6 Å². The summed E-state index contributed by atoms with van der Waals surface area (Å²) in [5, 5.41) is 14.9. The minimum absolute atomic E-state index is 0.416. The normalized spacial score (nSPS) is 22.7. The first-order valence-electron chi connectivity index (χ1n) is 9.15. The number of nitrogens with one attached hydrogen (secondary N) is 1. The summed E-state index contributed by atoms with van der Waals surface area (Å²) in [5.41, 5.74) is 1.80. The molecule has 0 spiro atoms. The number of nitrogens with zero attached hydrogens (tertiary/aromatic N) is 2. The summed E-state index contributed by atoms with van der Waals surface area (Å²) in [6.07, 6.45) is 3.80. The van der Waals surface area contributed by atoms with Crippen molar-refractivity contribution in [3.8, 4) is 5.75 Å². The second-order valence-electron chi connectivity index (χ2n) is 7.26. The van der Waals surface area contributed by atoms with Crippen LogP contribution in [0.5, 0.6) is 5.75 Å². The third-order valence-corrected chi connectivity index (χ3v) is 5.16. The zero-order chi connectivity index (χ0) is 17.8. The number of likely N-dealkylation sites (tertiary alicyclic amines) is 1. The van der Waals surface area contributed by atoms with Gasteiger partial charge < -0.3 is 15.2 Å². The van der Waals surface area contributed by atoms with E-state index in [1.165, 1.54) is 12.8 Å². The number of anilines is 1. The molecule has 1 fully saturated rings. The molecule has 1 aromatic carbocycles. The van der Waals surface area contributed by atoms with E-state index in [9.17, 15) is 5.11 Å². The van der Waals surface area contributed by atoms with E-state index < -0.39 is 6.10 Å². The van der Waals surface area contributed by atoms with Crippen LogP contribution < -0.4 is 10.1 Å². The van der Waals surface area contributed by atoms with Gasteiger partial charge in [0.25, 0.3) is 0 Å². The lowest BCUT2D eigenvalue weighted by Gasteiger charge is -2.37. The highest BCUT2D eigenvalue weighted by Crippen LogP contribution is 2.28. The minimum atomic E-state index is -0.416. The van der Waals surface area contributed by atoms with Gasteiger partial charge in [0, 0.05) is 36.8 Å². The van der Waals surface area contributed by atoms with Crippen LogP contribution in [0.4, 0.5) is 5.69 Å². The Balaban J connectivity index is 1.64. The first kappa shape index (κ1) is 18.0. The zero-order valence-electron chi connectivity index (χ0n) is 15.4. The Hall–Kier alpha value is -1.85. The maximum absolute atomic E-state index is 10.5. The van der Waals surface area contributed by atoms with Crippen LogP contribution in [0.1, 0.15) is 26.7 Å². The highest BCUT2D eigenvalue weighted by atomic mass is 16.5. The molecular weight excluding hydrogens is 314 g/mol. The zero-order valence-corrected chi connectivity index (χ0v) is 15.4. The number of rotatable bonds is 6. The van der Waals surface area contributed by atoms with Crippen LogP contribution in [0.2, 0.25) is 0 Å². The third-order valence-electron chi connectivity index (χ3n) is 5.16. The van der Waals surface area contributed by atoms with E-state index in [0.717, 1.165) is 34.8 Å². The fourth-order valence-corrected chi connectivity index (χ4v) is 3.71. The lowest BCUT2D eigenvalue weighted by Crippen LogP contribution is -2.45. The van der Waals surface area contributed by atoms with Gasteiger partial charge in [0.1, 0.15) is 5.75 Å². The number of hydrogen-bond donors (Lipinski definition) is 2. The van der Waals surface area contributed by atoms with Crippen LogP contribution in [0.15, 0.2) is 30.5 Å². The second kappa shape index (κ2) is 8.02. The Morgan fingerprint density at radius 2 is 2.24 bits per heavy atom. The molecule has 2 aromatic rings. The number of methoxy groups -OCH3 is 1. The van der Waals surface area contributed by atoms with Crippen LogP contribution in [0, 0.1) is 5.92 Å². The monoisotopic (exact) mass is 343 g/mol. The predicted molar refractivity (Wildman–Crippen MR) is 102 cm³/mol. The summed E-state index contributed by atoms with van der Waals surface area (Å²) < 4.78 is 5.38. The molecule has 0 bridgehead atoms. The van der Waals surface area contributed by atoms with Gasteiger partial charge in [-0.05, 0) is 44.4 Å². The largest absolute Gasteiger partial charge is 0.497 e. The third kappa shape index (κ3) is 4.41. The number of aliphatic hydroxyl groups is 1. The number of hydrogen-bond acceptors (Lipinski definition) is 5. The van der Waals surface area contributed by atoms with Crippen LogP contribution in [0.3, 0.4) is 0 Å². The van der Waals surface area contributed by atoms with E-state index >= 15 is 0 Å². The molecule has 1 aromatic heterocycles. The lowest BCUT2D eigenvalue weighted by molar-refractivity contribution is 0.0661. The number of β-amino-alcohol motifs (C(OH)–C–C–N with tert-alkyl or cyclic N) is 1. The van der Waals surface area contributed by atoms with E-state index in [0.29, 0.717) is 19.1 Å². The summed E-state index contributed by atoms with van der Waals surface area (Å²) in [6, 6.07) is 8.38. The highest BCUT2D eigenvalue weighted by Gasteiger charge is 2.24. The smallest absolute Gasteiger partial charge is 0.121 e. The first-order valence-corrected chi connectivity index (χ1v) is 9.15. The Bertz CT molecular complexity index is 706. The fourth-order valence-electron chi connectivity index (χ4n) is 3.71. The molecule has 1 aliphatic rings. The summed E-state index contributed by atoms with van der Waals surface area (Å²) in [6.45, 7) is 6.85. The maximum atomic E-state index is 10.5. The fraction of sp³-hybridized carbons (Fsp3) is 0.550. The summed E-state index contributed by atoms with van der Waals surface area (Å²) in [4.78, 5) is 6.86. The Morgan fingerprint density at radius 3 is 3.00 bits per heavy atom. The van der Waals surface area contributed by atoms with Crippen LogP contribution in [0.25, 0.3) is 10.9 Å². The van der Waals surface area contributed by atoms with Crippen molar-refractivity contribution in [1.29, 1.82) is 0 Å². The molecule has 0 radical (unpaired) electrons. The molecule has 0 unspecified atom stereocenters. The molecule has 3 rings (SSSR count). The molecule has 1 aliphatic heterocycles. The molecule has 5 heteroatoms. The molecule has 1 saturated heterocycles. The van der Waals surface area contributed by atoms with E-state index in [4.69, 9.17) is 4.74 Å². The van der Waals surface area contributed by atoms with Gasteiger partial charge >= 0.3 is 0 Å². The molecule has 0 saturated carbocycles. The minimum Gasteiger partial charge on any atom is -0.497 e. The van der Waals surface area contributed by atoms with Crippen molar-refractivity contribution in [3.63, 3.8) is 0 Å². The number of benzene rings is 1. The van der Waals surface area contributed by atoms with Gasteiger partial charge in [-0.2, -0.15) is 0 Å². The first-order chi connectivity index (χ1) is 12.1. The average Bonchev–Trinajstić information content (AvgIpc) is 2.61. The van der Waals surface area contributed by atoms with E-state index in [2.05, 4.69) is 29.0 Å². The Kier molecular flexibility index (Phi) is 5.76. The van der Waals surface area contributed by atoms with E-state index in [-0.39, 0.29) is 0 Å². The Labute approximate surface area is 150 Å². The predicted octanol–water partition coefficient (Wildman–Crippen LogP) is 3.14. The average molecular weight is 343 g/mol. The second-order valence-corrected chi connectivity index (χ2v) is 7.26. The van der Waals surface area contributed by atoms with Gasteiger partial charge in [0.2, 0.25) is 0 Å². The summed E-state index contributed by atoms with van der Waals surface area (Å²) >= 11 is 0. The van der Waals surface area contributed by atoms with Crippen molar-refractivity contribution in [1.82, 2.24) is 9.88 Å². The molecule has 0 amide bonds. The quantitative estimate of drug-likeness (QED) is 0.844. The summed E-state index contributed by atoms with van der Waals surface area (Å²) in [7, 11) is 1.66. The van der Waals surface area contributed by atoms with E-state index in [1.54, 1.807) is 13.3 Å². The van der Waals surface area contributed by atoms with Crippen LogP contribution in [-0.4, -0.2) is 53.9 Å². The molecule has 136 valence electrons. The van der Waals surface area contributed by atoms with Crippen molar-refractivity contribution in [3.05, 3.63) is 30.5 Å². The van der Waals surface area contributed by atoms with Gasteiger partial charge in [-0.3, -0.25) is 9.88 Å². The van der Waals surface area contributed by atoms with Gasteiger partial charge in [-0.25, -0.2) is 0 Å². The number of pyridine rings is 1. The van der Waals surface area contributed by atoms with Crippen molar-refractivity contribution >= 4 is 16.6 Å². The van der Waals surface area contributed by atoms with Crippen LogP contribution in [-0.2, 0) is 0 Å². The van der Waals surface area contributed by atoms with Crippen molar-refractivity contribution < 1.29 is 9.84 Å². The number of fused-ring (bicyclic) bond motifs is 1. The standard InChI is InChI=1S/C20H29N3O2/c1-14-6-8-23(15(2)9-14)13-17(24)12-22-19-11-18(25-3)10-16-5-4-7-21-20(16)19/h4-5,7,10-11,14-15,17,22,24H,6,8-9,12-13H2,1-3H3/t14-,15-,17-/m1/s1. The molecule has 25 heavy (non-hydrogen) atoms. The molecular formula is C20H29N3O2. The lowest BCUT2D eigenvalue weighted by atomic mass is 9.93. The van der Waals surface area contributed by atoms with Crippen molar-refractivity contribution in [2.75, 3.05) is 32.1 Å². The van der Waals surface area contributed by atoms with E-state index in [1.807, 2.05) is 24.3 Å². The molecule has 2 heterocycles. The van der Waals surface area contributed by atoms with Gasteiger partial charge in [-0.15, -0.1) is 0 Å². The Morgan fingerprint density at radius 1 is 1.40 bits per heavy atom. The molecule has 3 atom stereocenters. The number of ether oxygens (including phenoxy) is 1. The number of aliphatic hydroxyl groups excluding tert-OH is 1. The van der Waals surface area contributed by atoms with Crippen LogP contribution >= 0.6 is 0 Å².